The summed E-state index contributed by atoms with van der Waals surface area (Å²) in [7, 11) is 0. The summed E-state index contributed by atoms with van der Waals surface area (Å²) in [4.78, 5) is 21.9. The van der Waals surface area contributed by atoms with Crippen LogP contribution in [0.2, 0.25) is 0 Å². The topological polar surface area (TPSA) is 65.0 Å². The van der Waals surface area contributed by atoms with E-state index in [9.17, 15) is 9.90 Å². The third-order valence-electron chi connectivity index (χ3n) is 4.45. The minimum Gasteiger partial charge on any atom is -0.488 e. The lowest BCUT2D eigenvalue weighted by Crippen LogP contribution is -2.24. The quantitative estimate of drug-likeness (QED) is 0.249. The van der Waals surface area contributed by atoms with Crippen LogP contribution in [-0.2, 0) is 4.89 Å². The van der Waals surface area contributed by atoms with Crippen molar-refractivity contribution in [2.24, 2.45) is 0 Å². The van der Waals surface area contributed by atoms with Crippen LogP contribution in [-0.4, -0.2) is 23.8 Å². The number of rotatable bonds is 14. The van der Waals surface area contributed by atoms with Crippen molar-refractivity contribution < 1.29 is 24.4 Å². The van der Waals surface area contributed by atoms with E-state index in [0.717, 1.165) is 25.0 Å². The number of carbonyl (C=O) groups is 1. The Labute approximate surface area is 167 Å². The van der Waals surface area contributed by atoms with Gasteiger partial charge in [-0.05, 0) is 37.1 Å². The van der Waals surface area contributed by atoms with Crippen molar-refractivity contribution in [3.8, 4) is 11.5 Å². The molecule has 28 heavy (non-hydrogen) atoms. The summed E-state index contributed by atoms with van der Waals surface area (Å²) in [5.41, 5.74) is 0.0685. The maximum atomic E-state index is 11.2. The van der Waals surface area contributed by atoms with Gasteiger partial charge in [0.25, 0.3) is 0 Å². The van der Waals surface area contributed by atoms with E-state index < -0.39 is 5.97 Å². The first-order chi connectivity index (χ1) is 13.7. The standard InChI is InChI=1S/C23H30O5/c1-2-3-4-5-6-8-15-20(27-19-13-9-7-10-14-19)18-26-28-22-17-12-11-16-21(22)23(24)25/h7,9-14,16-17,20H,2-6,8,15,18H2,1H3,(H,24,25). The van der Waals surface area contributed by atoms with Crippen LogP contribution in [0.15, 0.2) is 54.6 Å². The Hall–Kier alpha value is -2.53. The molecule has 2 aromatic rings. The highest BCUT2D eigenvalue weighted by molar-refractivity contribution is 5.90. The van der Waals surface area contributed by atoms with Gasteiger partial charge < -0.3 is 14.7 Å². The lowest BCUT2D eigenvalue weighted by atomic mass is 10.1. The van der Waals surface area contributed by atoms with Crippen LogP contribution in [0.5, 0.6) is 11.5 Å². The molecule has 1 N–H and O–H groups in total. The molecule has 0 saturated carbocycles. The van der Waals surface area contributed by atoms with E-state index in [1.807, 2.05) is 30.3 Å². The zero-order valence-electron chi connectivity index (χ0n) is 16.5. The number of hydrogen-bond acceptors (Lipinski definition) is 4. The lowest BCUT2D eigenvalue weighted by molar-refractivity contribution is -0.221. The largest absolute Gasteiger partial charge is 0.488 e. The van der Waals surface area contributed by atoms with Crippen LogP contribution >= 0.6 is 0 Å². The minimum atomic E-state index is -1.05. The molecule has 1 atom stereocenters. The number of hydrogen-bond donors (Lipinski definition) is 1. The molecule has 0 amide bonds. The molecule has 0 heterocycles. The second-order valence-corrected chi connectivity index (χ2v) is 6.78. The van der Waals surface area contributed by atoms with Crippen LogP contribution in [0.4, 0.5) is 0 Å². The first-order valence-electron chi connectivity index (χ1n) is 10.0. The van der Waals surface area contributed by atoms with Crippen molar-refractivity contribution >= 4 is 5.97 Å². The summed E-state index contributed by atoms with van der Waals surface area (Å²) < 4.78 is 6.04. The SMILES string of the molecule is CCCCCCCCC(COOc1ccccc1C(=O)O)Oc1ccccc1. The van der Waals surface area contributed by atoms with E-state index >= 15 is 0 Å². The summed E-state index contributed by atoms with van der Waals surface area (Å²) in [6, 6.07) is 16.0. The molecule has 2 aromatic carbocycles. The number of benzene rings is 2. The first kappa shape index (κ1) is 21.8. The van der Waals surface area contributed by atoms with Crippen molar-refractivity contribution in [2.45, 2.75) is 58.0 Å². The zero-order valence-corrected chi connectivity index (χ0v) is 16.5. The number of unbranched alkanes of at least 4 members (excludes halogenated alkanes) is 5. The number of carboxylic acids is 1. The third kappa shape index (κ3) is 8.01. The molecule has 0 aliphatic rings. The van der Waals surface area contributed by atoms with Gasteiger partial charge in [0.1, 0.15) is 24.0 Å². The lowest BCUT2D eigenvalue weighted by Gasteiger charge is -2.19. The van der Waals surface area contributed by atoms with Gasteiger partial charge in [0.05, 0.1) is 0 Å². The third-order valence-corrected chi connectivity index (χ3v) is 4.45. The Morgan fingerprint density at radius 3 is 2.36 bits per heavy atom. The Balaban J connectivity index is 1.85. The molecule has 0 aromatic heterocycles. The molecule has 0 fully saturated rings. The molecule has 0 aliphatic heterocycles. The summed E-state index contributed by atoms with van der Waals surface area (Å²) in [5, 5.41) is 9.21. The van der Waals surface area contributed by atoms with Gasteiger partial charge in [-0.1, -0.05) is 69.4 Å². The normalized spacial score (nSPS) is 11.8. The van der Waals surface area contributed by atoms with Gasteiger partial charge in [-0.15, -0.1) is 0 Å². The van der Waals surface area contributed by atoms with Gasteiger partial charge in [0.15, 0.2) is 5.75 Å². The van der Waals surface area contributed by atoms with Crippen molar-refractivity contribution in [3.63, 3.8) is 0 Å². The van der Waals surface area contributed by atoms with Gasteiger partial charge >= 0.3 is 5.97 Å². The Morgan fingerprint density at radius 2 is 1.61 bits per heavy atom. The molecule has 1 unspecified atom stereocenters. The predicted molar refractivity (Wildman–Crippen MR) is 109 cm³/mol. The van der Waals surface area contributed by atoms with Crippen LogP contribution in [0, 0.1) is 0 Å². The molecule has 0 aliphatic carbocycles. The van der Waals surface area contributed by atoms with Crippen molar-refractivity contribution in [1.82, 2.24) is 0 Å². The fourth-order valence-electron chi connectivity index (χ4n) is 2.91. The molecule has 0 bridgehead atoms. The molecule has 5 heteroatoms. The smallest absolute Gasteiger partial charge is 0.339 e. The van der Waals surface area contributed by atoms with Gasteiger partial charge in [-0.25, -0.2) is 4.79 Å². The molecular formula is C23H30O5. The van der Waals surface area contributed by atoms with E-state index in [2.05, 4.69) is 6.92 Å². The Kier molecular flexibility index (Phi) is 9.94. The van der Waals surface area contributed by atoms with Crippen molar-refractivity contribution in [1.29, 1.82) is 0 Å². The second kappa shape index (κ2) is 12.8. The minimum absolute atomic E-state index is 0.0685. The van der Waals surface area contributed by atoms with Crippen molar-refractivity contribution in [2.75, 3.05) is 6.61 Å². The molecule has 0 saturated heterocycles. The van der Waals surface area contributed by atoms with Crippen LogP contribution in [0.25, 0.3) is 0 Å². The van der Waals surface area contributed by atoms with Crippen LogP contribution in [0.1, 0.15) is 62.2 Å². The van der Waals surface area contributed by atoms with Gasteiger partial charge in [-0.2, -0.15) is 4.89 Å². The Bertz CT molecular complexity index is 686. The monoisotopic (exact) mass is 386 g/mol. The summed E-state index contributed by atoms with van der Waals surface area (Å²) in [5.74, 6) is -0.0792. The van der Waals surface area contributed by atoms with Crippen LogP contribution < -0.4 is 9.62 Å². The van der Waals surface area contributed by atoms with E-state index in [-0.39, 0.29) is 24.0 Å². The number of aromatic carboxylic acids is 1. The van der Waals surface area contributed by atoms with Crippen LogP contribution in [0.3, 0.4) is 0 Å². The molecule has 0 radical (unpaired) electrons. The van der Waals surface area contributed by atoms with E-state index in [0.29, 0.717) is 0 Å². The summed E-state index contributed by atoms with van der Waals surface area (Å²) in [6.07, 6.45) is 7.93. The van der Waals surface area contributed by atoms with Gasteiger partial charge in [0, 0.05) is 0 Å². The molecule has 5 nitrogen and oxygen atoms in total. The highest BCUT2D eigenvalue weighted by Gasteiger charge is 2.15. The summed E-state index contributed by atoms with van der Waals surface area (Å²) in [6.45, 7) is 2.43. The molecule has 152 valence electrons. The highest BCUT2D eigenvalue weighted by atomic mass is 17.2. The van der Waals surface area contributed by atoms with Gasteiger partial charge in [-0.3, -0.25) is 0 Å². The van der Waals surface area contributed by atoms with E-state index in [1.165, 1.54) is 31.7 Å². The fourth-order valence-corrected chi connectivity index (χ4v) is 2.91. The van der Waals surface area contributed by atoms with Gasteiger partial charge in [0.2, 0.25) is 0 Å². The fraction of sp³-hybridized carbons (Fsp3) is 0.435. The highest BCUT2D eigenvalue weighted by Crippen LogP contribution is 2.20. The average Bonchev–Trinajstić information content (AvgIpc) is 2.71. The molecule has 0 spiro atoms. The second-order valence-electron chi connectivity index (χ2n) is 6.78. The van der Waals surface area contributed by atoms with E-state index in [1.54, 1.807) is 18.2 Å². The average molecular weight is 386 g/mol. The number of carboxylic acid groups (broad SMARTS) is 1. The number of para-hydroxylation sites is 2. The predicted octanol–water partition coefficient (Wildman–Crippen LogP) is 5.89. The summed E-state index contributed by atoms with van der Waals surface area (Å²) >= 11 is 0. The van der Waals surface area contributed by atoms with E-state index in [4.69, 9.17) is 14.5 Å². The maximum Gasteiger partial charge on any atom is 0.339 e. The van der Waals surface area contributed by atoms with Crippen molar-refractivity contribution in [3.05, 3.63) is 60.2 Å². The Morgan fingerprint density at radius 1 is 0.929 bits per heavy atom. The first-order valence-corrected chi connectivity index (χ1v) is 10.0. The molecular weight excluding hydrogens is 356 g/mol. The maximum absolute atomic E-state index is 11.2. The molecule has 2 rings (SSSR count). The number of ether oxygens (including phenoxy) is 1. The zero-order chi connectivity index (χ0) is 20.0.